The molecular formula is C43H27N5O. The van der Waals surface area contributed by atoms with Crippen LogP contribution in [-0.4, -0.2) is 24.9 Å². The molecule has 230 valence electrons. The van der Waals surface area contributed by atoms with E-state index < -0.39 is 0 Å². The lowest BCUT2D eigenvalue weighted by atomic mass is 10.0. The highest BCUT2D eigenvalue weighted by atomic mass is 16.3. The van der Waals surface area contributed by atoms with Crippen LogP contribution in [0.4, 0.5) is 0 Å². The number of furan rings is 1. The summed E-state index contributed by atoms with van der Waals surface area (Å²) in [6, 6.07) is 54.6. The second-order valence-corrected chi connectivity index (χ2v) is 11.7. The third-order valence-electron chi connectivity index (χ3n) is 8.56. The van der Waals surface area contributed by atoms with Crippen LogP contribution < -0.4 is 0 Å². The molecule has 9 aromatic rings. The van der Waals surface area contributed by atoms with Crippen molar-refractivity contribution in [2.45, 2.75) is 0 Å². The highest BCUT2D eigenvalue weighted by molar-refractivity contribution is 6.12. The van der Waals surface area contributed by atoms with Gasteiger partial charge in [0.15, 0.2) is 23.3 Å². The molecule has 0 aliphatic heterocycles. The van der Waals surface area contributed by atoms with Crippen molar-refractivity contribution in [1.82, 2.24) is 24.9 Å². The van der Waals surface area contributed by atoms with E-state index in [2.05, 4.69) is 36.4 Å². The molecular weight excluding hydrogens is 603 g/mol. The van der Waals surface area contributed by atoms with Gasteiger partial charge in [0.25, 0.3) is 0 Å². The highest BCUT2D eigenvalue weighted by Gasteiger charge is 2.19. The molecule has 0 amide bonds. The van der Waals surface area contributed by atoms with E-state index in [9.17, 15) is 0 Å². The minimum absolute atomic E-state index is 0.580. The van der Waals surface area contributed by atoms with E-state index in [0.29, 0.717) is 23.3 Å². The first-order valence-electron chi connectivity index (χ1n) is 16.1. The minimum Gasteiger partial charge on any atom is -0.456 e. The van der Waals surface area contributed by atoms with Crippen molar-refractivity contribution in [3.05, 3.63) is 164 Å². The first-order valence-corrected chi connectivity index (χ1v) is 16.1. The molecule has 0 saturated carbocycles. The summed E-state index contributed by atoms with van der Waals surface area (Å²) in [6.45, 7) is 0. The van der Waals surface area contributed by atoms with Gasteiger partial charge in [-0.2, -0.15) is 0 Å². The molecule has 0 bridgehead atoms. The van der Waals surface area contributed by atoms with Crippen LogP contribution in [0.1, 0.15) is 0 Å². The summed E-state index contributed by atoms with van der Waals surface area (Å²) < 4.78 is 6.51. The van der Waals surface area contributed by atoms with Gasteiger partial charge in [-0.3, -0.25) is 0 Å². The lowest BCUT2D eigenvalue weighted by Crippen LogP contribution is -2.00. The number of fused-ring (bicyclic) bond motifs is 3. The molecule has 0 N–H and O–H groups in total. The van der Waals surface area contributed by atoms with Crippen molar-refractivity contribution in [3.63, 3.8) is 0 Å². The average Bonchev–Trinajstić information content (AvgIpc) is 3.57. The zero-order valence-electron chi connectivity index (χ0n) is 26.2. The van der Waals surface area contributed by atoms with E-state index in [1.165, 1.54) is 0 Å². The maximum atomic E-state index is 6.51. The van der Waals surface area contributed by atoms with Crippen LogP contribution in [0.3, 0.4) is 0 Å². The van der Waals surface area contributed by atoms with E-state index in [0.717, 1.165) is 66.7 Å². The van der Waals surface area contributed by atoms with Gasteiger partial charge in [0.05, 0.1) is 11.4 Å². The maximum Gasteiger partial charge on any atom is 0.164 e. The van der Waals surface area contributed by atoms with Gasteiger partial charge in [-0.05, 0) is 24.3 Å². The molecule has 3 heterocycles. The van der Waals surface area contributed by atoms with Gasteiger partial charge < -0.3 is 4.42 Å². The fraction of sp³-hybridized carbons (Fsp3) is 0. The van der Waals surface area contributed by atoms with Crippen molar-refractivity contribution in [2.24, 2.45) is 0 Å². The molecule has 0 atom stereocenters. The summed E-state index contributed by atoms with van der Waals surface area (Å²) >= 11 is 0. The van der Waals surface area contributed by atoms with Crippen LogP contribution >= 0.6 is 0 Å². The molecule has 6 nitrogen and oxygen atoms in total. The molecule has 0 aliphatic rings. The van der Waals surface area contributed by atoms with Crippen LogP contribution in [0.5, 0.6) is 0 Å². The summed E-state index contributed by atoms with van der Waals surface area (Å²) in [5.74, 6) is 2.43. The SMILES string of the molecule is c1ccc(-c2cc(-c3ccccc3)nc(-c3ccc4c(c3)oc3cccc(-c5nc(-c6ccccc6)nc(-c6ccccc6)n5)c34)n2)cc1. The Balaban J connectivity index is 1.20. The summed E-state index contributed by atoms with van der Waals surface area (Å²) in [5, 5.41) is 1.90. The van der Waals surface area contributed by atoms with Gasteiger partial charge in [0.2, 0.25) is 0 Å². The van der Waals surface area contributed by atoms with Gasteiger partial charge in [0.1, 0.15) is 11.2 Å². The van der Waals surface area contributed by atoms with E-state index in [-0.39, 0.29) is 0 Å². The Morgan fingerprint density at radius 2 is 0.816 bits per heavy atom. The summed E-state index contributed by atoms with van der Waals surface area (Å²) in [4.78, 5) is 24.9. The quantitative estimate of drug-likeness (QED) is 0.182. The number of benzene rings is 6. The topological polar surface area (TPSA) is 77.6 Å². The van der Waals surface area contributed by atoms with Crippen LogP contribution in [0.25, 0.3) is 90.0 Å². The van der Waals surface area contributed by atoms with Crippen molar-refractivity contribution >= 4 is 21.9 Å². The number of rotatable bonds is 6. The fourth-order valence-electron chi connectivity index (χ4n) is 6.17. The van der Waals surface area contributed by atoms with Gasteiger partial charge >= 0.3 is 0 Å². The van der Waals surface area contributed by atoms with Crippen molar-refractivity contribution in [3.8, 4) is 68.1 Å². The Hall–Kier alpha value is -6.79. The Morgan fingerprint density at radius 3 is 1.37 bits per heavy atom. The number of nitrogens with zero attached hydrogens (tertiary/aromatic N) is 5. The third-order valence-corrected chi connectivity index (χ3v) is 8.56. The Kier molecular flexibility index (Phi) is 7.02. The molecule has 0 spiro atoms. The van der Waals surface area contributed by atoms with Gasteiger partial charge in [-0.25, -0.2) is 24.9 Å². The lowest BCUT2D eigenvalue weighted by Gasteiger charge is -2.10. The zero-order valence-corrected chi connectivity index (χ0v) is 26.2. The van der Waals surface area contributed by atoms with Gasteiger partial charge in [-0.1, -0.05) is 140 Å². The second kappa shape index (κ2) is 12.1. The maximum absolute atomic E-state index is 6.51. The average molecular weight is 630 g/mol. The first-order chi connectivity index (χ1) is 24.3. The Morgan fingerprint density at radius 1 is 0.327 bits per heavy atom. The van der Waals surface area contributed by atoms with E-state index in [4.69, 9.17) is 29.3 Å². The molecule has 6 heteroatoms. The largest absolute Gasteiger partial charge is 0.456 e. The molecule has 3 aromatic heterocycles. The summed E-state index contributed by atoms with van der Waals surface area (Å²) in [7, 11) is 0. The molecule has 0 radical (unpaired) electrons. The predicted octanol–water partition coefficient (Wildman–Crippen LogP) is 10.6. The number of hydrogen-bond acceptors (Lipinski definition) is 6. The van der Waals surface area contributed by atoms with Gasteiger partial charge in [-0.15, -0.1) is 0 Å². The third kappa shape index (κ3) is 5.41. The number of hydrogen-bond donors (Lipinski definition) is 0. The molecule has 0 fully saturated rings. The highest BCUT2D eigenvalue weighted by Crippen LogP contribution is 2.38. The molecule has 6 aromatic carbocycles. The normalized spacial score (nSPS) is 11.3. The molecule has 0 saturated heterocycles. The van der Waals surface area contributed by atoms with Crippen molar-refractivity contribution < 1.29 is 4.42 Å². The van der Waals surface area contributed by atoms with E-state index in [1.54, 1.807) is 0 Å². The van der Waals surface area contributed by atoms with Crippen molar-refractivity contribution in [1.29, 1.82) is 0 Å². The monoisotopic (exact) mass is 629 g/mol. The molecule has 0 aliphatic carbocycles. The van der Waals surface area contributed by atoms with Gasteiger partial charge in [0, 0.05) is 44.2 Å². The van der Waals surface area contributed by atoms with Crippen LogP contribution in [0, 0.1) is 0 Å². The molecule has 0 unspecified atom stereocenters. The molecule has 49 heavy (non-hydrogen) atoms. The number of aromatic nitrogens is 5. The Bertz CT molecular complexity index is 2470. The zero-order chi connectivity index (χ0) is 32.6. The Labute approximate surface area is 282 Å². The van der Waals surface area contributed by atoms with Crippen molar-refractivity contribution in [2.75, 3.05) is 0 Å². The smallest absolute Gasteiger partial charge is 0.164 e. The van der Waals surface area contributed by atoms with E-state index in [1.807, 2.05) is 127 Å². The summed E-state index contributed by atoms with van der Waals surface area (Å²) in [6.07, 6.45) is 0. The summed E-state index contributed by atoms with van der Waals surface area (Å²) in [5.41, 5.74) is 8.82. The van der Waals surface area contributed by atoms with Crippen LogP contribution in [-0.2, 0) is 0 Å². The fourth-order valence-corrected chi connectivity index (χ4v) is 6.17. The van der Waals surface area contributed by atoms with Crippen LogP contribution in [0.15, 0.2) is 168 Å². The second-order valence-electron chi connectivity index (χ2n) is 11.7. The minimum atomic E-state index is 0.580. The van der Waals surface area contributed by atoms with Crippen LogP contribution in [0.2, 0.25) is 0 Å². The lowest BCUT2D eigenvalue weighted by molar-refractivity contribution is 0.669. The standard InChI is InChI=1S/C43H27N5O/c1-5-14-28(15-6-1)35-27-36(29-16-7-2-8-17-29)45-42(44-35)32-24-25-33-38(26-32)49-37-23-13-22-34(39(33)37)43-47-40(30-18-9-3-10-19-30)46-41(48-43)31-20-11-4-12-21-31/h1-27H. The first kappa shape index (κ1) is 28.4. The predicted molar refractivity (Wildman–Crippen MR) is 195 cm³/mol. The molecule has 9 rings (SSSR count). The van der Waals surface area contributed by atoms with E-state index >= 15 is 0 Å².